The largest absolute Gasteiger partial charge is 0.475 e. The van der Waals surface area contributed by atoms with Crippen LogP contribution in [0.2, 0.25) is 0 Å². The van der Waals surface area contributed by atoms with E-state index >= 15 is 0 Å². The Morgan fingerprint density at radius 2 is 1.52 bits per heavy atom. The van der Waals surface area contributed by atoms with E-state index < -0.39 is 11.8 Å². The van der Waals surface area contributed by atoms with Crippen molar-refractivity contribution in [3.63, 3.8) is 0 Å². The fraction of sp³-hybridized carbons (Fsp3) is 0.0455. The molecule has 27 heavy (non-hydrogen) atoms. The summed E-state index contributed by atoms with van der Waals surface area (Å²) in [7, 11) is 0. The maximum absolute atomic E-state index is 12.2. The summed E-state index contributed by atoms with van der Waals surface area (Å²) in [5, 5.41) is 13.5. The predicted molar refractivity (Wildman–Crippen MR) is 102 cm³/mol. The van der Waals surface area contributed by atoms with Crippen LogP contribution in [0.1, 0.15) is 26.3 Å². The summed E-state index contributed by atoms with van der Waals surface area (Å²) in [6.45, 7) is 0.168. The minimum absolute atomic E-state index is 0.0951. The first-order chi connectivity index (χ1) is 13.0. The minimum Gasteiger partial charge on any atom is -0.475 e. The molecule has 0 radical (unpaired) electrons. The number of ketones is 1. The van der Waals surface area contributed by atoms with Crippen LogP contribution in [0.5, 0.6) is 0 Å². The lowest BCUT2D eigenvalue weighted by Gasteiger charge is -2.03. The molecule has 132 valence electrons. The van der Waals surface area contributed by atoms with Crippen LogP contribution in [0, 0.1) is 11.8 Å². The SMILES string of the molecule is O=C(O)C(=O)c1ccc(C#CCNC(=O)c2ccc3ccccc3c2)cc1. The molecule has 0 atom stereocenters. The molecule has 3 aromatic rings. The lowest BCUT2D eigenvalue weighted by molar-refractivity contribution is -0.131. The third-order valence-electron chi connectivity index (χ3n) is 3.92. The number of amides is 1. The van der Waals surface area contributed by atoms with E-state index in [-0.39, 0.29) is 18.0 Å². The van der Waals surface area contributed by atoms with Gasteiger partial charge >= 0.3 is 5.97 Å². The van der Waals surface area contributed by atoms with Gasteiger partial charge < -0.3 is 10.4 Å². The number of carboxylic acids is 1. The summed E-state index contributed by atoms with van der Waals surface area (Å²) in [4.78, 5) is 34.2. The molecule has 0 aliphatic rings. The van der Waals surface area contributed by atoms with Gasteiger partial charge in [-0.1, -0.05) is 42.2 Å². The van der Waals surface area contributed by atoms with Crippen LogP contribution in [-0.2, 0) is 4.79 Å². The number of nitrogens with one attached hydrogen (secondary N) is 1. The Bertz CT molecular complexity index is 1090. The van der Waals surface area contributed by atoms with E-state index in [1.807, 2.05) is 36.4 Å². The predicted octanol–water partition coefficient (Wildman–Crippen LogP) is 2.89. The summed E-state index contributed by atoms with van der Waals surface area (Å²) in [6.07, 6.45) is 0. The van der Waals surface area contributed by atoms with Crippen molar-refractivity contribution in [3.05, 3.63) is 83.4 Å². The fourth-order valence-corrected chi connectivity index (χ4v) is 2.53. The van der Waals surface area contributed by atoms with Gasteiger partial charge in [0, 0.05) is 16.7 Å². The van der Waals surface area contributed by atoms with Crippen molar-refractivity contribution < 1.29 is 19.5 Å². The van der Waals surface area contributed by atoms with E-state index in [0.29, 0.717) is 11.1 Å². The van der Waals surface area contributed by atoms with Gasteiger partial charge in [0.25, 0.3) is 11.7 Å². The highest BCUT2D eigenvalue weighted by Crippen LogP contribution is 2.15. The molecule has 2 N–H and O–H groups in total. The van der Waals surface area contributed by atoms with E-state index in [4.69, 9.17) is 5.11 Å². The molecule has 0 aliphatic carbocycles. The maximum Gasteiger partial charge on any atom is 0.377 e. The van der Waals surface area contributed by atoms with Gasteiger partial charge in [-0.25, -0.2) is 4.79 Å². The van der Waals surface area contributed by atoms with Crippen molar-refractivity contribution >= 4 is 28.4 Å². The number of aliphatic carboxylic acids is 1. The summed E-state index contributed by atoms with van der Waals surface area (Å²) in [5.41, 5.74) is 1.28. The Morgan fingerprint density at radius 3 is 2.22 bits per heavy atom. The average Bonchev–Trinajstić information content (AvgIpc) is 2.70. The quantitative estimate of drug-likeness (QED) is 0.427. The first-order valence-corrected chi connectivity index (χ1v) is 8.18. The number of carboxylic acid groups (broad SMARTS) is 1. The summed E-state index contributed by atoms with van der Waals surface area (Å²) >= 11 is 0. The molecule has 5 nitrogen and oxygen atoms in total. The Labute approximate surface area is 155 Å². The third-order valence-corrected chi connectivity index (χ3v) is 3.92. The van der Waals surface area contributed by atoms with Gasteiger partial charge in [-0.3, -0.25) is 9.59 Å². The highest BCUT2D eigenvalue weighted by molar-refractivity contribution is 6.39. The average molecular weight is 357 g/mol. The van der Waals surface area contributed by atoms with E-state index in [1.165, 1.54) is 12.1 Å². The van der Waals surface area contributed by atoms with Crippen LogP contribution in [0.25, 0.3) is 10.8 Å². The van der Waals surface area contributed by atoms with Crippen LogP contribution in [0.4, 0.5) is 0 Å². The molecular weight excluding hydrogens is 342 g/mol. The molecule has 0 fully saturated rings. The highest BCUT2D eigenvalue weighted by Gasteiger charge is 2.13. The van der Waals surface area contributed by atoms with Gasteiger partial charge in [0.15, 0.2) is 0 Å². The number of hydrogen-bond acceptors (Lipinski definition) is 3. The Morgan fingerprint density at radius 1 is 0.852 bits per heavy atom. The molecule has 0 aromatic heterocycles. The van der Waals surface area contributed by atoms with Crippen LogP contribution >= 0.6 is 0 Å². The Balaban J connectivity index is 1.60. The molecule has 3 rings (SSSR count). The van der Waals surface area contributed by atoms with E-state index in [0.717, 1.165) is 10.8 Å². The van der Waals surface area contributed by atoms with Crippen molar-refractivity contribution in [2.24, 2.45) is 0 Å². The van der Waals surface area contributed by atoms with Crippen LogP contribution in [0.3, 0.4) is 0 Å². The van der Waals surface area contributed by atoms with Crippen molar-refractivity contribution in [2.45, 2.75) is 0 Å². The second kappa shape index (κ2) is 7.98. The zero-order valence-electron chi connectivity index (χ0n) is 14.2. The van der Waals surface area contributed by atoms with Gasteiger partial charge in [0.1, 0.15) is 0 Å². The van der Waals surface area contributed by atoms with Gasteiger partial charge in [0.05, 0.1) is 6.54 Å². The molecule has 0 spiro atoms. The molecule has 1 amide bonds. The van der Waals surface area contributed by atoms with E-state index in [1.54, 1.807) is 18.2 Å². The molecule has 0 unspecified atom stereocenters. The number of hydrogen-bond donors (Lipinski definition) is 2. The summed E-state index contributed by atoms with van der Waals surface area (Å²) < 4.78 is 0. The van der Waals surface area contributed by atoms with Crippen molar-refractivity contribution in [1.29, 1.82) is 0 Å². The molecule has 0 bridgehead atoms. The standard InChI is InChI=1S/C22H15NO4/c24-20(22(26)27)17-9-7-15(8-10-17)4-3-13-23-21(25)19-12-11-16-5-1-2-6-18(16)14-19/h1-2,5-12,14H,13H2,(H,23,25)(H,26,27). The number of carbonyl (C=O) groups is 3. The van der Waals surface area contributed by atoms with Gasteiger partial charge in [0.2, 0.25) is 0 Å². The van der Waals surface area contributed by atoms with Crippen LogP contribution in [-0.4, -0.2) is 29.3 Å². The zero-order chi connectivity index (χ0) is 19.2. The molecule has 0 heterocycles. The Hall–Kier alpha value is -3.91. The molecule has 0 saturated carbocycles. The highest BCUT2D eigenvalue weighted by atomic mass is 16.4. The van der Waals surface area contributed by atoms with Gasteiger partial charge in [-0.15, -0.1) is 0 Å². The third kappa shape index (κ3) is 4.39. The number of Topliss-reactive ketones (excluding diaryl/α,β-unsaturated/α-hetero) is 1. The number of fused-ring (bicyclic) bond motifs is 1. The number of rotatable bonds is 4. The molecule has 5 heteroatoms. The molecule has 3 aromatic carbocycles. The monoisotopic (exact) mass is 357 g/mol. The van der Waals surface area contributed by atoms with E-state index in [9.17, 15) is 14.4 Å². The first-order valence-electron chi connectivity index (χ1n) is 8.18. The normalized spacial score (nSPS) is 9.93. The lowest BCUT2D eigenvalue weighted by atomic mass is 10.1. The van der Waals surface area contributed by atoms with Gasteiger partial charge in [-0.2, -0.15) is 0 Å². The van der Waals surface area contributed by atoms with Crippen molar-refractivity contribution in [3.8, 4) is 11.8 Å². The molecule has 0 saturated heterocycles. The number of benzene rings is 3. The smallest absolute Gasteiger partial charge is 0.377 e. The summed E-state index contributed by atoms with van der Waals surface area (Å²) in [5.74, 6) is 3.01. The van der Waals surface area contributed by atoms with E-state index in [2.05, 4.69) is 17.2 Å². The molecular formula is C22H15NO4. The minimum atomic E-state index is -1.50. The second-order valence-electron chi connectivity index (χ2n) is 5.76. The van der Waals surface area contributed by atoms with Crippen LogP contribution < -0.4 is 5.32 Å². The topological polar surface area (TPSA) is 83.5 Å². The molecule has 0 aliphatic heterocycles. The summed E-state index contributed by atoms with van der Waals surface area (Å²) in [6, 6.07) is 19.2. The number of carbonyl (C=O) groups excluding carboxylic acids is 2. The van der Waals surface area contributed by atoms with Crippen molar-refractivity contribution in [2.75, 3.05) is 6.54 Å². The first kappa shape index (κ1) is 17.9. The Kier molecular flexibility index (Phi) is 5.29. The van der Waals surface area contributed by atoms with Crippen molar-refractivity contribution in [1.82, 2.24) is 5.32 Å². The lowest BCUT2D eigenvalue weighted by Crippen LogP contribution is -2.23. The second-order valence-corrected chi connectivity index (χ2v) is 5.76. The fourth-order valence-electron chi connectivity index (χ4n) is 2.53. The van der Waals surface area contributed by atoms with Gasteiger partial charge in [-0.05, 0) is 47.2 Å². The maximum atomic E-state index is 12.2. The zero-order valence-corrected chi connectivity index (χ0v) is 14.2. The van der Waals surface area contributed by atoms with Crippen LogP contribution in [0.15, 0.2) is 66.7 Å².